The summed E-state index contributed by atoms with van der Waals surface area (Å²) in [5, 5.41) is 4.16. The van der Waals surface area contributed by atoms with Crippen molar-refractivity contribution in [2.75, 3.05) is 5.32 Å². The molecule has 1 saturated carbocycles. The first-order valence-corrected chi connectivity index (χ1v) is 4.87. The molecule has 0 aliphatic heterocycles. The molecule has 0 aromatic carbocycles. The minimum absolute atomic E-state index is 0.593. The molecule has 1 aliphatic rings. The second kappa shape index (κ2) is 3.23. The van der Waals surface area contributed by atoms with Crippen LogP contribution >= 0.6 is 11.3 Å². The van der Waals surface area contributed by atoms with Crippen LogP contribution < -0.4 is 5.32 Å². The van der Waals surface area contributed by atoms with E-state index >= 15 is 0 Å². The monoisotopic (exact) mass is 182 g/mol. The maximum atomic E-state index is 10.3. The molecule has 3 nitrogen and oxygen atoms in total. The van der Waals surface area contributed by atoms with E-state index in [1.807, 2.05) is 0 Å². The van der Waals surface area contributed by atoms with Crippen LogP contribution in [0.5, 0.6) is 0 Å². The lowest BCUT2D eigenvalue weighted by atomic mass is 9.93. The Hall–Kier alpha value is -0.900. The Morgan fingerprint density at radius 1 is 1.67 bits per heavy atom. The van der Waals surface area contributed by atoms with Crippen LogP contribution in [0.25, 0.3) is 0 Å². The molecular weight excluding hydrogens is 172 g/mol. The van der Waals surface area contributed by atoms with E-state index in [4.69, 9.17) is 0 Å². The van der Waals surface area contributed by atoms with Gasteiger partial charge in [0.25, 0.3) is 0 Å². The van der Waals surface area contributed by atoms with Crippen LogP contribution in [0.3, 0.4) is 0 Å². The predicted octanol–water partition coefficient (Wildman–Crippen LogP) is 1.92. The van der Waals surface area contributed by atoms with Crippen molar-refractivity contribution in [1.82, 2.24) is 4.98 Å². The Morgan fingerprint density at radius 2 is 2.50 bits per heavy atom. The lowest BCUT2D eigenvalue weighted by Crippen LogP contribution is -2.26. The van der Waals surface area contributed by atoms with Crippen LogP contribution in [-0.4, -0.2) is 17.3 Å². The molecule has 1 aliphatic carbocycles. The fourth-order valence-electron chi connectivity index (χ4n) is 1.14. The number of carbonyl (C=O) groups excluding carboxylic acids is 1. The zero-order valence-corrected chi connectivity index (χ0v) is 7.43. The van der Waals surface area contributed by atoms with Crippen molar-refractivity contribution < 1.29 is 4.79 Å². The lowest BCUT2D eigenvalue weighted by molar-refractivity contribution is 0.112. The number of carbonyl (C=O) groups is 1. The SMILES string of the molecule is O=Cc1cnc(NC2CCC2)s1. The second-order valence-corrected chi connectivity index (χ2v) is 4.02. The van der Waals surface area contributed by atoms with E-state index < -0.39 is 0 Å². The summed E-state index contributed by atoms with van der Waals surface area (Å²) >= 11 is 1.42. The molecule has 0 bridgehead atoms. The maximum Gasteiger partial charge on any atom is 0.183 e. The van der Waals surface area contributed by atoms with Gasteiger partial charge in [0.15, 0.2) is 11.4 Å². The fraction of sp³-hybridized carbons (Fsp3) is 0.500. The van der Waals surface area contributed by atoms with Gasteiger partial charge in [-0.05, 0) is 19.3 Å². The number of hydrogen-bond donors (Lipinski definition) is 1. The third-order valence-corrected chi connectivity index (χ3v) is 2.93. The van der Waals surface area contributed by atoms with Gasteiger partial charge in [-0.3, -0.25) is 4.79 Å². The number of aromatic nitrogens is 1. The molecule has 2 rings (SSSR count). The zero-order chi connectivity index (χ0) is 8.39. The van der Waals surface area contributed by atoms with E-state index in [2.05, 4.69) is 10.3 Å². The number of thiazole rings is 1. The van der Waals surface area contributed by atoms with Gasteiger partial charge in [-0.15, -0.1) is 0 Å². The van der Waals surface area contributed by atoms with Crippen molar-refractivity contribution >= 4 is 22.8 Å². The number of aldehydes is 1. The highest BCUT2D eigenvalue weighted by molar-refractivity contribution is 7.17. The van der Waals surface area contributed by atoms with Crippen molar-refractivity contribution in [3.05, 3.63) is 11.1 Å². The summed E-state index contributed by atoms with van der Waals surface area (Å²) in [6, 6.07) is 0.593. The van der Waals surface area contributed by atoms with Crippen LogP contribution in [0, 0.1) is 0 Å². The molecule has 4 heteroatoms. The van der Waals surface area contributed by atoms with Gasteiger partial charge < -0.3 is 5.32 Å². The molecule has 0 radical (unpaired) electrons. The summed E-state index contributed by atoms with van der Waals surface area (Å²) in [6.45, 7) is 0. The fourth-order valence-corrected chi connectivity index (χ4v) is 1.84. The molecule has 1 aromatic heterocycles. The zero-order valence-electron chi connectivity index (χ0n) is 6.62. The quantitative estimate of drug-likeness (QED) is 0.726. The van der Waals surface area contributed by atoms with Crippen LogP contribution in [-0.2, 0) is 0 Å². The molecule has 12 heavy (non-hydrogen) atoms. The normalized spacial score (nSPS) is 17.0. The topological polar surface area (TPSA) is 42.0 Å². The summed E-state index contributed by atoms with van der Waals surface area (Å²) in [5.74, 6) is 0. The highest BCUT2D eigenvalue weighted by Crippen LogP contribution is 2.25. The second-order valence-electron chi connectivity index (χ2n) is 2.96. The molecule has 0 unspecified atom stereocenters. The Kier molecular flexibility index (Phi) is 2.08. The van der Waals surface area contributed by atoms with E-state index in [1.54, 1.807) is 6.20 Å². The van der Waals surface area contributed by atoms with Crippen molar-refractivity contribution in [3.63, 3.8) is 0 Å². The number of hydrogen-bond acceptors (Lipinski definition) is 4. The molecule has 1 aromatic rings. The molecular formula is C8H10N2OS. The Labute approximate surface area is 74.8 Å². The van der Waals surface area contributed by atoms with Gasteiger partial charge in [0.1, 0.15) is 0 Å². The lowest BCUT2D eigenvalue weighted by Gasteiger charge is -2.25. The number of nitrogens with zero attached hydrogens (tertiary/aromatic N) is 1. The van der Waals surface area contributed by atoms with E-state index in [-0.39, 0.29) is 0 Å². The molecule has 0 atom stereocenters. The van der Waals surface area contributed by atoms with Gasteiger partial charge in [0.05, 0.1) is 11.1 Å². The van der Waals surface area contributed by atoms with E-state index in [0.717, 1.165) is 11.4 Å². The Morgan fingerprint density at radius 3 is 3.00 bits per heavy atom. The van der Waals surface area contributed by atoms with E-state index in [0.29, 0.717) is 10.9 Å². The van der Waals surface area contributed by atoms with Crippen molar-refractivity contribution in [3.8, 4) is 0 Å². The minimum atomic E-state index is 0.593. The summed E-state index contributed by atoms with van der Waals surface area (Å²) in [6.07, 6.45) is 6.22. The van der Waals surface area contributed by atoms with Crippen molar-refractivity contribution in [2.45, 2.75) is 25.3 Å². The van der Waals surface area contributed by atoms with Crippen LogP contribution in [0.2, 0.25) is 0 Å². The molecule has 1 heterocycles. The number of anilines is 1. The smallest absolute Gasteiger partial charge is 0.183 e. The van der Waals surface area contributed by atoms with Gasteiger partial charge in [-0.25, -0.2) is 4.98 Å². The van der Waals surface area contributed by atoms with Crippen molar-refractivity contribution in [1.29, 1.82) is 0 Å². The molecule has 0 spiro atoms. The van der Waals surface area contributed by atoms with E-state index in [9.17, 15) is 4.79 Å². The van der Waals surface area contributed by atoms with Crippen LogP contribution in [0.4, 0.5) is 5.13 Å². The molecule has 1 N–H and O–H groups in total. The summed E-state index contributed by atoms with van der Waals surface area (Å²) in [4.78, 5) is 15.1. The predicted molar refractivity (Wildman–Crippen MR) is 48.8 cm³/mol. The number of rotatable bonds is 3. The summed E-state index contributed by atoms with van der Waals surface area (Å²) in [7, 11) is 0. The summed E-state index contributed by atoms with van der Waals surface area (Å²) < 4.78 is 0. The summed E-state index contributed by atoms with van der Waals surface area (Å²) in [5.41, 5.74) is 0. The molecule has 0 amide bonds. The first kappa shape index (κ1) is 7.73. The van der Waals surface area contributed by atoms with E-state index in [1.165, 1.54) is 30.6 Å². The molecule has 64 valence electrons. The van der Waals surface area contributed by atoms with Crippen LogP contribution in [0.1, 0.15) is 28.9 Å². The Balaban J connectivity index is 1.97. The van der Waals surface area contributed by atoms with Gasteiger partial charge in [0.2, 0.25) is 0 Å². The average Bonchev–Trinajstić information content (AvgIpc) is 2.44. The molecule has 0 saturated heterocycles. The highest BCUT2D eigenvalue weighted by Gasteiger charge is 2.17. The maximum absolute atomic E-state index is 10.3. The highest BCUT2D eigenvalue weighted by atomic mass is 32.1. The number of nitrogens with one attached hydrogen (secondary N) is 1. The van der Waals surface area contributed by atoms with Gasteiger partial charge in [0, 0.05) is 6.04 Å². The third-order valence-electron chi connectivity index (χ3n) is 2.07. The van der Waals surface area contributed by atoms with Gasteiger partial charge >= 0.3 is 0 Å². The van der Waals surface area contributed by atoms with Crippen molar-refractivity contribution in [2.24, 2.45) is 0 Å². The van der Waals surface area contributed by atoms with Gasteiger partial charge in [-0.2, -0.15) is 0 Å². The van der Waals surface area contributed by atoms with Crippen LogP contribution in [0.15, 0.2) is 6.20 Å². The standard InChI is InChI=1S/C8H10N2OS/c11-5-7-4-9-8(12-7)10-6-2-1-3-6/h4-6H,1-3H2,(H,9,10). The first-order chi connectivity index (χ1) is 5.88. The third kappa shape index (κ3) is 1.48. The Bertz CT molecular complexity index is 280. The average molecular weight is 182 g/mol. The molecule has 1 fully saturated rings. The minimum Gasteiger partial charge on any atom is -0.359 e. The van der Waals surface area contributed by atoms with Gasteiger partial charge in [-0.1, -0.05) is 11.3 Å². The first-order valence-electron chi connectivity index (χ1n) is 4.06. The largest absolute Gasteiger partial charge is 0.359 e.